The van der Waals surface area contributed by atoms with Crippen LogP contribution in [0.2, 0.25) is 0 Å². The highest BCUT2D eigenvalue weighted by molar-refractivity contribution is 5.20. The van der Waals surface area contributed by atoms with Gasteiger partial charge in [0.1, 0.15) is 0 Å². The fraction of sp³-hybridized carbons (Fsp3) is 0.500. The zero-order valence-corrected chi connectivity index (χ0v) is 9.49. The van der Waals surface area contributed by atoms with Crippen LogP contribution in [-0.4, -0.2) is 13.1 Å². The standard InChI is InChI=1S/C12H16F3N/c1-3-16-7-8(2)6-9-4-5-10(13)12(15)11(9)14/h4-5,8,16H,3,6-7H2,1-2H3. The molecule has 0 saturated carbocycles. The summed E-state index contributed by atoms with van der Waals surface area (Å²) in [5.74, 6) is -3.41. The Kier molecular flexibility index (Phi) is 4.80. The summed E-state index contributed by atoms with van der Waals surface area (Å²) in [6.45, 7) is 5.48. The molecule has 90 valence electrons. The van der Waals surface area contributed by atoms with Gasteiger partial charge in [-0.3, -0.25) is 0 Å². The molecule has 1 nitrogen and oxygen atoms in total. The normalized spacial score (nSPS) is 12.8. The zero-order valence-electron chi connectivity index (χ0n) is 9.49. The van der Waals surface area contributed by atoms with Gasteiger partial charge in [0.25, 0.3) is 0 Å². The Balaban J connectivity index is 2.70. The molecule has 0 fully saturated rings. The van der Waals surface area contributed by atoms with E-state index in [0.29, 0.717) is 6.42 Å². The van der Waals surface area contributed by atoms with E-state index in [9.17, 15) is 13.2 Å². The largest absolute Gasteiger partial charge is 0.317 e. The SMILES string of the molecule is CCNCC(C)Cc1ccc(F)c(F)c1F. The monoisotopic (exact) mass is 231 g/mol. The van der Waals surface area contributed by atoms with E-state index in [1.807, 2.05) is 13.8 Å². The average molecular weight is 231 g/mol. The number of hydrogen-bond donors (Lipinski definition) is 1. The minimum Gasteiger partial charge on any atom is -0.317 e. The number of benzene rings is 1. The highest BCUT2D eigenvalue weighted by atomic mass is 19.2. The van der Waals surface area contributed by atoms with Crippen molar-refractivity contribution in [3.8, 4) is 0 Å². The number of hydrogen-bond acceptors (Lipinski definition) is 1. The second-order valence-corrected chi connectivity index (χ2v) is 3.95. The fourth-order valence-corrected chi connectivity index (χ4v) is 1.56. The lowest BCUT2D eigenvalue weighted by Crippen LogP contribution is -2.22. The van der Waals surface area contributed by atoms with Crippen LogP contribution in [0.5, 0.6) is 0 Å². The van der Waals surface area contributed by atoms with Gasteiger partial charge in [-0.15, -0.1) is 0 Å². The van der Waals surface area contributed by atoms with E-state index in [2.05, 4.69) is 5.32 Å². The third kappa shape index (κ3) is 3.23. The van der Waals surface area contributed by atoms with Crippen LogP contribution in [0.15, 0.2) is 12.1 Å². The molecule has 1 rings (SSSR count). The van der Waals surface area contributed by atoms with Gasteiger partial charge in [0.05, 0.1) is 0 Å². The lowest BCUT2D eigenvalue weighted by atomic mass is 10.0. The van der Waals surface area contributed by atoms with E-state index in [0.717, 1.165) is 19.2 Å². The highest BCUT2D eigenvalue weighted by Crippen LogP contribution is 2.18. The van der Waals surface area contributed by atoms with Crippen molar-refractivity contribution in [3.63, 3.8) is 0 Å². The van der Waals surface area contributed by atoms with Crippen molar-refractivity contribution in [2.75, 3.05) is 13.1 Å². The van der Waals surface area contributed by atoms with E-state index >= 15 is 0 Å². The van der Waals surface area contributed by atoms with Crippen LogP contribution in [0.3, 0.4) is 0 Å². The van der Waals surface area contributed by atoms with E-state index in [4.69, 9.17) is 0 Å². The summed E-state index contributed by atoms with van der Waals surface area (Å²) in [7, 11) is 0. The minimum atomic E-state index is -1.38. The third-order valence-corrected chi connectivity index (χ3v) is 2.43. The Morgan fingerprint density at radius 2 is 1.88 bits per heavy atom. The number of nitrogens with one attached hydrogen (secondary N) is 1. The van der Waals surface area contributed by atoms with Crippen LogP contribution >= 0.6 is 0 Å². The maximum Gasteiger partial charge on any atom is 0.194 e. The van der Waals surface area contributed by atoms with Crippen LogP contribution in [0, 0.1) is 23.4 Å². The van der Waals surface area contributed by atoms with Crippen LogP contribution in [0.4, 0.5) is 13.2 Å². The summed E-state index contributed by atoms with van der Waals surface area (Å²) in [5, 5.41) is 3.12. The first-order valence-corrected chi connectivity index (χ1v) is 5.39. The van der Waals surface area contributed by atoms with Crippen LogP contribution in [0.25, 0.3) is 0 Å². The van der Waals surface area contributed by atoms with E-state index < -0.39 is 17.5 Å². The molecule has 0 bridgehead atoms. The lowest BCUT2D eigenvalue weighted by molar-refractivity contribution is 0.432. The summed E-state index contributed by atoms with van der Waals surface area (Å²) in [6, 6.07) is 2.27. The van der Waals surface area contributed by atoms with Gasteiger partial charge in [-0.2, -0.15) is 0 Å². The maximum absolute atomic E-state index is 13.3. The third-order valence-electron chi connectivity index (χ3n) is 2.43. The quantitative estimate of drug-likeness (QED) is 0.768. The maximum atomic E-state index is 13.3. The summed E-state index contributed by atoms with van der Waals surface area (Å²) in [5.41, 5.74) is 0.226. The summed E-state index contributed by atoms with van der Waals surface area (Å²) in [6.07, 6.45) is 0.399. The van der Waals surface area contributed by atoms with Crippen LogP contribution < -0.4 is 5.32 Å². The Morgan fingerprint density at radius 1 is 1.19 bits per heavy atom. The van der Waals surface area contributed by atoms with Gasteiger partial charge in [0.15, 0.2) is 17.5 Å². The molecule has 1 atom stereocenters. The predicted octanol–water partition coefficient (Wildman–Crippen LogP) is 2.89. The van der Waals surface area contributed by atoms with Crippen LogP contribution in [-0.2, 0) is 6.42 Å². The lowest BCUT2D eigenvalue weighted by Gasteiger charge is -2.12. The molecule has 1 N–H and O–H groups in total. The molecule has 0 aliphatic heterocycles. The molecule has 4 heteroatoms. The fourth-order valence-electron chi connectivity index (χ4n) is 1.56. The van der Waals surface area contributed by atoms with E-state index in [1.165, 1.54) is 6.07 Å². The topological polar surface area (TPSA) is 12.0 Å². The van der Waals surface area contributed by atoms with Gasteiger partial charge in [-0.25, -0.2) is 13.2 Å². The highest BCUT2D eigenvalue weighted by Gasteiger charge is 2.14. The molecule has 0 aliphatic rings. The Hall–Kier alpha value is -1.03. The van der Waals surface area contributed by atoms with Crippen molar-refractivity contribution >= 4 is 0 Å². The molecule has 1 aromatic rings. The summed E-state index contributed by atoms with van der Waals surface area (Å²) in [4.78, 5) is 0. The molecule has 1 unspecified atom stereocenters. The van der Waals surface area contributed by atoms with Gasteiger partial charge < -0.3 is 5.32 Å². The first-order valence-electron chi connectivity index (χ1n) is 5.39. The molecule has 1 aromatic carbocycles. The van der Waals surface area contributed by atoms with Crippen molar-refractivity contribution in [1.29, 1.82) is 0 Å². The molecular weight excluding hydrogens is 215 g/mol. The van der Waals surface area contributed by atoms with E-state index in [1.54, 1.807) is 0 Å². The van der Waals surface area contributed by atoms with Gasteiger partial charge in [0, 0.05) is 0 Å². The zero-order chi connectivity index (χ0) is 12.1. The molecule has 16 heavy (non-hydrogen) atoms. The minimum absolute atomic E-state index is 0.180. The van der Waals surface area contributed by atoms with Gasteiger partial charge in [0.2, 0.25) is 0 Å². The van der Waals surface area contributed by atoms with Gasteiger partial charge in [-0.05, 0) is 37.1 Å². The van der Waals surface area contributed by atoms with E-state index in [-0.39, 0.29) is 11.5 Å². The van der Waals surface area contributed by atoms with Crippen molar-refractivity contribution in [1.82, 2.24) is 5.32 Å². The molecule has 0 saturated heterocycles. The smallest absolute Gasteiger partial charge is 0.194 e. The number of halogens is 3. The van der Waals surface area contributed by atoms with Crippen molar-refractivity contribution in [3.05, 3.63) is 35.1 Å². The first-order chi connectivity index (χ1) is 7.56. The molecular formula is C12H16F3N. The van der Waals surface area contributed by atoms with Crippen LogP contribution in [0.1, 0.15) is 19.4 Å². The van der Waals surface area contributed by atoms with Gasteiger partial charge >= 0.3 is 0 Å². The van der Waals surface area contributed by atoms with Crippen molar-refractivity contribution in [2.45, 2.75) is 20.3 Å². The summed E-state index contributed by atoms with van der Waals surface area (Å²) >= 11 is 0. The average Bonchev–Trinajstić information content (AvgIpc) is 2.27. The van der Waals surface area contributed by atoms with Gasteiger partial charge in [-0.1, -0.05) is 19.9 Å². The van der Waals surface area contributed by atoms with Crippen molar-refractivity contribution < 1.29 is 13.2 Å². The summed E-state index contributed by atoms with van der Waals surface area (Å²) < 4.78 is 38.9. The van der Waals surface area contributed by atoms with Crippen molar-refractivity contribution in [2.24, 2.45) is 5.92 Å². The molecule has 0 amide bonds. The molecule has 0 aromatic heterocycles. The molecule has 0 aliphatic carbocycles. The Labute approximate surface area is 93.7 Å². The predicted molar refractivity (Wildman–Crippen MR) is 57.7 cm³/mol. The molecule has 0 heterocycles. The second kappa shape index (κ2) is 5.89. The molecule has 0 spiro atoms. The first kappa shape index (κ1) is 13.0. The molecule has 0 radical (unpaired) electrons. The second-order valence-electron chi connectivity index (χ2n) is 3.95. The Morgan fingerprint density at radius 3 is 2.50 bits per heavy atom. The number of rotatable bonds is 5. The Bertz CT molecular complexity index is 352.